The summed E-state index contributed by atoms with van der Waals surface area (Å²) in [6.45, 7) is 6.55. The van der Waals surface area contributed by atoms with Gasteiger partial charge in [-0.25, -0.2) is 19.3 Å². The van der Waals surface area contributed by atoms with E-state index in [0.29, 0.717) is 34.7 Å². The molecule has 0 radical (unpaired) electrons. The highest BCUT2D eigenvalue weighted by atomic mass is 19.1. The monoisotopic (exact) mass is 616 g/mol. The summed E-state index contributed by atoms with van der Waals surface area (Å²) in [4.78, 5) is 41.4. The Hall–Kier alpha value is -4.45. The lowest BCUT2D eigenvalue weighted by atomic mass is 9.90. The Labute approximate surface area is 262 Å². The van der Waals surface area contributed by atoms with Gasteiger partial charge in [0, 0.05) is 23.4 Å². The summed E-state index contributed by atoms with van der Waals surface area (Å²) in [6, 6.07) is 6.00. The maximum atomic E-state index is 13.2. The smallest absolute Gasteiger partial charge is 0.265 e. The Balaban J connectivity index is 0.000000336. The number of carbonyl (C=O) groups is 2. The second-order valence-electron chi connectivity index (χ2n) is 12.2. The summed E-state index contributed by atoms with van der Waals surface area (Å²) in [5.41, 5.74) is 14.2. The van der Waals surface area contributed by atoms with Gasteiger partial charge in [-0.05, 0) is 68.8 Å². The van der Waals surface area contributed by atoms with Crippen LogP contribution in [0.4, 0.5) is 15.9 Å². The third-order valence-electron chi connectivity index (χ3n) is 8.48. The molecule has 238 valence electrons. The molecule has 1 saturated heterocycles. The minimum Gasteiger partial charge on any atom is -0.482 e. The van der Waals surface area contributed by atoms with Crippen LogP contribution in [0.25, 0.3) is 11.1 Å². The first kappa shape index (κ1) is 32.0. The van der Waals surface area contributed by atoms with Gasteiger partial charge in [-0.3, -0.25) is 14.5 Å². The molecular formula is C33H41FN8O3. The second-order valence-corrected chi connectivity index (χ2v) is 12.2. The number of piperidine rings is 1. The topological polar surface area (TPSA) is 164 Å². The van der Waals surface area contributed by atoms with E-state index in [1.54, 1.807) is 18.2 Å². The number of anilines is 2. The Morgan fingerprint density at radius 3 is 2.47 bits per heavy atom. The second kappa shape index (κ2) is 14.1. The molecule has 2 amide bonds. The molecule has 2 aromatic heterocycles. The van der Waals surface area contributed by atoms with Crippen molar-refractivity contribution in [3.05, 3.63) is 59.1 Å². The van der Waals surface area contributed by atoms with Gasteiger partial charge < -0.3 is 26.5 Å². The van der Waals surface area contributed by atoms with Crippen LogP contribution >= 0.6 is 0 Å². The van der Waals surface area contributed by atoms with E-state index in [1.807, 2.05) is 13.8 Å². The molecule has 0 unspecified atom stereocenters. The van der Waals surface area contributed by atoms with Crippen molar-refractivity contribution in [2.75, 3.05) is 30.3 Å². The summed E-state index contributed by atoms with van der Waals surface area (Å²) < 4.78 is 18.8. The molecule has 1 saturated carbocycles. The lowest BCUT2D eigenvalue weighted by Crippen LogP contribution is -2.42. The van der Waals surface area contributed by atoms with Gasteiger partial charge in [-0.1, -0.05) is 32.8 Å². The number of ether oxygens (including phenoxy) is 1. The van der Waals surface area contributed by atoms with Crippen molar-refractivity contribution in [2.24, 2.45) is 11.7 Å². The molecule has 6 rings (SSSR count). The number of carbonyl (C=O) groups excluding carboxylic acids is 2. The highest BCUT2D eigenvalue weighted by molar-refractivity contribution is 6.08. The van der Waals surface area contributed by atoms with Crippen LogP contribution in [-0.2, 0) is 17.8 Å². The fraction of sp³-hybridized carbons (Fsp3) is 0.455. The Morgan fingerprint density at radius 2 is 1.87 bits per heavy atom. The number of benzene rings is 1. The van der Waals surface area contributed by atoms with Gasteiger partial charge in [0.15, 0.2) is 12.4 Å². The highest BCUT2D eigenvalue weighted by Crippen LogP contribution is 2.40. The van der Waals surface area contributed by atoms with Crippen molar-refractivity contribution >= 4 is 29.5 Å². The molecule has 0 bridgehead atoms. The largest absolute Gasteiger partial charge is 0.482 e. The van der Waals surface area contributed by atoms with Crippen LogP contribution in [0.1, 0.15) is 79.8 Å². The molecule has 45 heavy (non-hydrogen) atoms. The summed E-state index contributed by atoms with van der Waals surface area (Å²) in [5, 5.41) is 7.89. The molecule has 2 aliphatic heterocycles. The number of primary amides is 1. The van der Waals surface area contributed by atoms with E-state index in [2.05, 4.69) is 19.9 Å². The van der Waals surface area contributed by atoms with Crippen molar-refractivity contribution in [2.45, 2.75) is 71.4 Å². The molecule has 12 heteroatoms. The fourth-order valence-corrected chi connectivity index (χ4v) is 6.05. The Bertz CT molecular complexity index is 1550. The van der Waals surface area contributed by atoms with E-state index >= 15 is 0 Å². The number of hydrogen-bond donors (Lipinski definition) is 3. The molecule has 1 aromatic carbocycles. The number of aromatic nitrogens is 3. The zero-order valence-corrected chi connectivity index (χ0v) is 25.9. The van der Waals surface area contributed by atoms with Crippen LogP contribution in [0.5, 0.6) is 5.75 Å². The third kappa shape index (κ3) is 7.28. The lowest BCUT2D eigenvalue weighted by molar-refractivity contribution is -0.121. The van der Waals surface area contributed by atoms with E-state index in [1.165, 1.54) is 56.5 Å². The zero-order valence-electron chi connectivity index (χ0n) is 25.9. The van der Waals surface area contributed by atoms with Crippen LogP contribution in [0, 0.1) is 17.1 Å². The average molecular weight is 617 g/mol. The van der Waals surface area contributed by atoms with Gasteiger partial charge >= 0.3 is 0 Å². The van der Waals surface area contributed by atoms with E-state index < -0.39 is 11.7 Å². The number of nitrogens with one attached hydrogen (secondary N) is 1. The fourth-order valence-electron chi connectivity index (χ4n) is 6.05. The lowest BCUT2D eigenvalue weighted by Gasteiger charge is -2.39. The molecule has 1 aliphatic carbocycles. The number of rotatable bonds is 8. The normalized spacial score (nSPS) is 16.7. The molecule has 5 N–H and O–H groups in total. The van der Waals surface area contributed by atoms with Crippen molar-refractivity contribution < 1.29 is 18.7 Å². The van der Waals surface area contributed by atoms with E-state index in [4.69, 9.17) is 21.6 Å². The van der Waals surface area contributed by atoms with E-state index in [9.17, 15) is 14.0 Å². The van der Waals surface area contributed by atoms with Crippen molar-refractivity contribution in [1.29, 1.82) is 5.41 Å². The predicted octanol–water partition coefficient (Wildman–Crippen LogP) is 4.51. The first-order valence-corrected chi connectivity index (χ1v) is 15.6. The molecule has 0 atom stereocenters. The first-order chi connectivity index (χ1) is 21.7. The van der Waals surface area contributed by atoms with E-state index in [0.717, 1.165) is 24.7 Å². The predicted molar refractivity (Wildman–Crippen MR) is 171 cm³/mol. The van der Waals surface area contributed by atoms with Gasteiger partial charge in [-0.2, -0.15) is 0 Å². The quantitative estimate of drug-likeness (QED) is 0.311. The molecule has 3 aromatic rings. The number of pyridine rings is 1. The van der Waals surface area contributed by atoms with Crippen LogP contribution in [0.2, 0.25) is 0 Å². The average Bonchev–Trinajstić information content (AvgIpc) is 2.98. The molecule has 4 heterocycles. The molecule has 0 spiro atoms. The first-order valence-electron chi connectivity index (χ1n) is 15.6. The van der Waals surface area contributed by atoms with Gasteiger partial charge in [0.1, 0.15) is 17.4 Å². The van der Waals surface area contributed by atoms with Gasteiger partial charge in [-0.15, -0.1) is 0 Å². The van der Waals surface area contributed by atoms with Gasteiger partial charge in [0.25, 0.3) is 11.8 Å². The SMILES string of the molecule is C1CCN(C2CCC2)CC1.CC(C)Cc1nc(N)c(C=N)c(-c2ccc3c(c2)OCC(=O)N3Cc2ncc(F)cn2)c1C(N)=O. The minimum atomic E-state index is -0.685. The number of amides is 2. The maximum Gasteiger partial charge on any atom is 0.265 e. The Morgan fingerprint density at radius 1 is 1.16 bits per heavy atom. The maximum absolute atomic E-state index is 13.2. The number of nitrogen functional groups attached to an aromatic ring is 1. The van der Waals surface area contributed by atoms with Crippen molar-refractivity contribution in [1.82, 2.24) is 19.9 Å². The summed E-state index contributed by atoms with van der Waals surface area (Å²) in [5.74, 6) is -0.653. The number of likely N-dealkylation sites (tertiary alicyclic amines) is 1. The van der Waals surface area contributed by atoms with Crippen LogP contribution in [0.3, 0.4) is 0 Å². The highest BCUT2D eigenvalue weighted by Gasteiger charge is 2.29. The standard InChI is InChI=1S/C24H24FN7O3.C9H17N/c1-12(2)5-16-22(24(28)34)21(15(7-26)23(27)31-16)13-3-4-17-18(6-13)35-11-20(33)32(17)10-19-29-8-14(25)9-30-19;1-2-7-10(8-3-1)9-5-4-6-9/h3-4,6-9,12,26H,5,10-11H2,1-2H3,(H2,27,31)(H2,28,34);9H,1-8H2. The van der Waals surface area contributed by atoms with Crippen LogP contribution in [-0.4, -0.2) is 63.6 Å². The molecule has 3 aliphatic rings. The zero-order chi connectivity index (χ0) is 32.1. The minimum absolute atomic E-state index is 0.0217. The summed E-state index contributed by atoms with van der Waals surface area (Å²) in [7, 11) is 0. The van der Waals surface area contributed by atoms with Crippen LogP contribution in [0.15, 0.2) is 30.6 Å². The third-order valence-corrected chi connectivity index (χ3v) is 8.48. The number of nitrogens with zero attached hydrogens (tertiary/aromatic N) is 5. The number of hydrogen-bond acceptors (Lipinski definition) is 9. The summed E-state index contributed by atoms with van der Waals surface area (Å²) in [6.07, 6.45) is 12.4. The number of halogens is 1. The van der Waals surface area contributed by atoms with Crippen molar-refractivity contribution in [3.8, 4) is 16.9 Å². The number of nitrogens with two attached hydrogens (primary N) is 2. The number of fused-ring (bicyclic) bond motifs is 1. The molecule has 11 nitrogen and oxygen atoms in total. The molecule has 2 fully saturated rings. The Kier molecular flexibility index (Phi) is 10.0. The van der Waals surface area contributed by atoms with Crippen LogP contribution < -0.4 is 21.1 Å². The van der Waals surface area contributed by atoms with E-state index in [-0.39, 0.29) is 47.7 Å². The van der Waals surface area contributed by atoms with Crippen molar-refractivity contribution in [3.63, 3.8) is 0 Å². The summed E-state index contributed by atoms with van der Waals surface area (Å²) >= 11 is 0. The van der Waals surface area contributed by atoms with Gasteiger partial charge in [0.05, 0.1) is 35.9 Å². The van der Waals surface area contributed by atoms with Gasteiger partial charge in [0.2, 0.25) is 0 Å². The molecular weight excluding hydrogens is 575 g/mol.